The average molecular weight is 335 g/mol. The third-order valence-corrected chi connectivity index (χ3v) is 4.01. The Morgan fingerprint density at radius 2 is 2.21 bits per heavy atom. The van der Waals surface area contributed by atoms with Gasteiger partial charge in [-0.25, -0.2) is 0 Å². The predicted octanol–water partition coefficient (Wildman–Crippen LogP) is -0.304. The Labute approximate surface area is 143 Å². The molecule has 0 unspecified atom stereocenters. The highest BCUT2D eigenvalue weighted by atomic mass is 16.1. The third-order valence-electron chi connectivity index (χ3n) is 4.01. The molecule has 0 bridgehead atoms. The number of nitrogens with one attached hydrogen (secondary N) is 2. The van der Waals surface area contributed by atoms with Crippen molar-refractivity contribution >= 4 is 11.9 Å². The fraction of sp³-hybridized carbons (Fsp3) is 0.688. The van der Waals surface area contributed by atoms with Crippen LogP contribution in [0.2, 0.25) is 0 Å². The van der Waals surface area contributed by atoms with Gasteiger partial charge >= 0.3 is 0 Å². The molecule has 24 heavy (non-hydrogen) atoms. The molecule has 8 heteroatoms. The quantitative estimate of drug-likeness (QED) is 0.469. The summed E-state index contributed by atoms with van der Waals surface area (Å²) in [6.45, 7) is 8.47. The fourth-order valence-electron chi connectivity index (χ4n) is 2.82. The zero-order valence-corrected chi connectivity index (χ0v) is 14.7. The number of primary amides is 1. The van der Waals surface area contributed by atoms with Crippen LogP contribution in [-0.4, -0.2) is 65.3 Å². The minimum absolute atomic E-state index is 0.259. The summed E-state index contributed by atoms with van der Waals surface area (Å²) in [5.74, 6) is 0.583. The number of aliphatic imine (C=N–C) groups is 1. The minimum Gasteiger partial charge on any atom is -0.369 e. The molecule has 1 saturated heterocycles. The van der Waals surface area contributed by atoms with Gasteiger partial charge in [0.2, 0.25) is 5.91 Å². The largest absolute Gasteiger partial charge is 0.369 e. The molecular weight excluding hydrogens is 306 g/mol. The van der Waals surface area contributed by atoms with E-state index < -0.39 is 0 Å². The molecule has 134 valence electrons. The highest BCUT2D eigenvalue weighted by molar-refractivity contribution is 5.80. The maximum absolute atomic E-state index is 11.0. The van der Waals surface area contributed by atoms with Crippen molar-refractivity contribution in [3.63, 3.8) is 0 Å². The molecule has 0 radical (unpaired) electrons. The first-order valence-electron chi connectivity index (χ1n) is 8.61. The van der Waals surface area contributed by atoms with Gasteiger partial charge in [0.05, 0.1) is 25.8 Å². The van der Waals surface area contributed by atoms with Gasteiger partial charge in [0.15, 0.2) is 5.96 Å². The van der Waals surface area contributed by atoms with E-state index >= 15 is 0 Å². The van der Waals surface area contributed by atoms with Crippen LogP contribution in [0.25, 0.3) is 0 Å². The number of guanidine groups is 1. The molecule has 4 N–H and O–H groups in total. The molecule has 2 rings (SSSR count). The van der Waals surface area contributed by atoms with E-state index in [9.17, 15) is 4.79 Å². The van der Waals surface area contributed by atoms with E-state index in [2.05, 4.69) is 32.5 Å². The normalized spacial score (nSPS) is 17.0. The molecule has 0 spiro atoms. The zero-order chi connectivity index (χ0) is 17.4. The molecule has 1 amide bonds. The molecule has 8 nitrogen and oxygen atoms in total. The van der Waals surface area contributed by atoms with Crippen LogP contribution in [0.4, 0.5) is 0 Å². The van der Waals surface area contributed by atoms with Crippen molar-refractivity contribution in [2.24, 2.45) is 10.7 Å². The van der Waals surface area contributed by atoms with E-state index in [0.29, 0.717) is 19.1 Å². The van der Waals surface area contributed by atoms with Gasteiger partial charge < -0.3 is 16.4 Å². The Bertz CT molecular complexity index is 546. The standard InChI is InChI=1S/C16H29N7O/c1-3-18-16(19-6-9-23-11-13(2)10-20-23)21-14-4-7-22(8-5-14)12-15(17)24/h10-11,14H,3-9,12H2,1-2H3,(H2,17,24)(H2,18,19,21). The summed E-state index contributed by atoms with van der Waals surface area (Å²) in [5.41, 5.74) is 6.41. The van der Waals surface area contributed by atoms with Crippen molar-refractivity contribution in [2.45, 2.75) is 39.3 Å². The van der Waals surface area contributed by atoms with Gasteiger partial charge in [0, 0.05) is 31.9 Å². The Kier molecular flexibility index (Phi) is 7.05. The van der Waals surface area contributed by atoms with Gasteiger partial charge in [-0.3, -0.25) is 19.4 Å². The summed E-state index contributed by atoms with van der Waals surface area (Å²) in [6.07, 6.45) is 5.84. The van der Waals surface area contributed by atoms with Gasteiger partial charge in [0.25, 0.3) is 0 Å². The van der Waals surface area contributed by atoms with Gasteiger partial charge in [-0.05, 0) is 32.3 Å². The maximum Gasteiger partial charge on any atom is 0.231 e. The molecule has 0 aliphatic carbocycles. The SMILES string of the molecule is CCNC(=NCCn1cc(C)cn1)NC1CCN(CC(N)=O)CC1. The van der Waals surface area contributed by atoms with Gasteiger partial charge in [0.1, 0.15) is 0 Å². The second-order valence-corrected chi connectivity index (χ2v) is 6.20. The van der Waals surface area contributed by atoms with E-state index in [1.807, 2.05) is 24.0 Å². The number of piperidine rings is 1. The van der Waals surface area contributed by atoms with E-state index in [0.717, 1.165) is 50.5 Å². The second kappa shape index (κ2) is 9.27. The monoisotopic (exact) mass is 335 g/mol. The van der Waals surface area contributed by atoms with E-state index in [4.69, 9.17) is 5.73 Å². The number of carbonyl (C=O) groups excluding carboxylic acids is 1. The number of nitrogens with two attached hydrogens (primary N) is 1. The lowest BCUT2D eigenvalue weighted by molar-refractivity contribution is -0.119. The lowest BCUT2D eigenvalue weighted by Crippen LogP contribution is -2.49. The van der Waals surface area contributed by atoms with Gasteiger partial charge in [-0.2, -0.15) is 5.10 Å². The highest BCUT2D eigenvalue weighted by Crippen LogP contribution is 2.09. The minimum atomic E-state index is -0.259. The average Bonchev–Trinajstić information content (AvgIpc) is 2.94. The van der Waals surface area contributed by atoms with Crippen molar-refractivity contribution < 1.29 is 4.79 Å². The molecule has 0 aromatic carbocycles. The van der Waals surface area contributed by atoms with Crippen LogP contribution in [0.5, 0.6) is 0 Å². The molecule has 1 aromatic heterocycles. The van der Waals surface area contributed by atoms with Crippen molar-refractivity contribution in [3.05, 3.63) is 18.0 Å². The van der Waals surface area contributed by atoms with Crippen LogP contribution in [0.15, 0.2) is 17.4 Å². The Morgan fingerprint density at radius 3 is 2.79 bits per heavy atom. The van der Waals surface area contributed by atoms with Crippen LogP contribution in [0, 0.1) is 6.92 Å². The summed E-state index contributed by atoms with van der Waals surface area (Å²) in [5, 5.41) is 11.0. The number of carbonyl (C=O) groups is 1. The second-order valence-electron chi connectivity index (χ2n) is 6.20. The lowest BCUT2D eigenvalue weighted by Gasteiger charge is -2.32. The van der Waals surface area contributed by atoms with E-state index in [1.54, 1.807) is 0 Å². The predicted molar refractivity (Wildman–Crippen MR) is 94.7 cm³/mol. The molecule has 1 fully saturated rings. The summed E-state index contributed by atoms with van der Waals surface area (Å²) in [6, 6.07) is 0.374. The summed E-state index contributed by atoms with van der Waals surface area (Å²) in [4.78, 5) is 17.7. The first kappa shape index (κ1) is 18.3. The number of hydrogen-bond donors (Lipinski definition) is 3. The van der Waals surface area contributed by atoms with Crippen molar-refractivity contribution in [1.82, 2.24) is 25.3 Å². The topological polar surface area (TPSA) is 101 Å². The van der Waals surface area contributed by atoms with Gasteiger partial charge in [-0.15, -0.1) is 0 Å². The van der Waals surface area contributed by atoms with Crippen LogP contribution in [0.3, 0.4) is 0 Å². The highest BCUT2D eigenvalue weighted by Gasteiger charge is 2.20. The van der Waals surface area contributed by atoms with Crippen LogP contribution >= 0.6 is 0 Å². The van der Waals surface area contributed by atoms with Crippen molar-refractivity contribution in [1.29, 1.82) is 0 Å². The van der Waals surface area contributed by atoms with Crippen LogP contribution < -0.4 is 16.4 Å². The number of aryl methyl sites for hydroxylation is 1. The number of rotatable bonds is 7. The van der Waals surface area contributed by atoms with Gasteiger partial charge in [-0.1, -0.05) is 0 Å². The van der Waals surface area contributed by atoms with E-state index in [-0.39, 0.29) is 5.91 Å². The third kappa shape index (κ3) is 6.19. The number of hydrogen-bond acceptors (Lipinski definition) is 4. The Morgan fingerprint density at radius 1 is 1.46 bits per heavy atom. The van der Waals surface area contributed by atoms with Crippen molar-refractivity contribution in [3.8, 4) is 0 Å². The maximum atomic E-state index is 11.0. The molecule has 0 saturated carbocycles. The number of likely N-dealkylation sites (tertiary alicyclic amines) is 1. The Balaban J connectivity index is 1.78. The van der Waals surface area contributed by atoms with Crippen LogP contribution in [0.1, 0.15) is 25.3 Å². The molecule has 2 heterocycles. The van der Waals surface area contributed by atoms with Crippen LogP contribution in [-0.2, 0) is 11.3 Å². The smallest absolute Gasteiger partial charge is 0.231 e. The molecule has 1 aromatic rings. The number of aromatic nitrogens is 2. The lowest BCUT2D eigenvalue weighted by atomic mass is 10.1. The molecule has 1 aliphatic rings. The number of nitrogens with zero attached hydrogens (tertiary/aromatic N) is 4. The number of amides is 1. The molecule has 1 aliphatic heterocycles. The molecule has 0 atom stereocenters. The first-order valence-corrected chi connectivity index (χ1v) is 8.61. The van der Waals surface area contributed by atoms with E-state index in [1.165, 1.54) is 0 Å². The zero-order valence-electron chi connectivity index (χ0n) is 14.7. The summed E-state index contributed by atoms with van der Waals surface area (Å²) < 4.78 is 1.91. The summed E-state index contributed by atoms with van der Waals surface area (Å²) in [7, 11) is 0. The first-order chi connectivity index (χ1) is 11.6. The van der Waals surface area contributed by atoms with Crippen molar-refractivity contribution in [2.75, 3.05) is 32.7 Å². The summed E-state index contributed by atoms with van der Waals surface area (Å²) >= 11 is 0. The Hall–Kier alpha value is -2.09. The molecular formula is C16H29N7O. The fourth-order valence-corrected chi connectivity index (χ4v) is 2.82.